The molecule has 0 aliphatic carbocycles. The number of aromatic nitrogens is 1. The number of halogens is 4. The second-order valence-electron chi connectivity index (χ2n) is 4.17. The smallest absolute Gasteiger partial charge is 0.433 e. The van der Waals surface area contributed by atoms with Gasteiger partial charge in [0, 0.05) is 6.07 Å². The van der Waals surface area contributed by atoms with Crippen molar-refractivity contribution in [2.24, 2.45) is 0 Å². The van der Waals surface area contributed by atoms with Gasteiger partial charge in [-0.25, -0.2) is 9.37 Å². The largest absolute Gasteiger partial charge is 0.437 e. The van der Waals surface area contributed by atoms with E-state index in [9.17, 15) is 17.6 Å². The van der Waals surface area contributed by atoms with Crippen LogP contribution in [-0.4, -0.2) is 4.98 Å². The van der Waals surface area contributed by atoms with Gasteiger partial charge in [-0.15, -0.1) is 0 Å². The molecule has 0 aliphatic heterocycles. The van der Waals surface area contributed by atoms with Crippen LogP contribution in [0.25, 0.3) is 0 Å². The summed E-state index contributed by atoms with van der Waals surface area (Å²) in [4.78, 5) is 3.29. The fourth-order valence-electron chi connectivity index (χ4n) is 1.55. The van der Waals surface area contributed by atoms with Crippen molar-refractivity contribution in [3.63, 3.8) is 0 Å². The maximum atomic E-state index is 13.2. The first-order valence-electron chi connectivity index (χ1n) is 5.73. The predicted octanol–water partition coefficient (Wildman–Crippen LogP) is 4.21. The van der Waals surface area contributed by atoms with Gasteiger partial charge in [0.15, 0.2) is 0 Å². The minimum Gasteiger partial charge on any atom is -0.437 e. The fourth-order valence-corrected chi connectivity index (χ4v) is 1.55. The number of nitrogens with zero attached hydrogens (tertiary/aromatic N) is 2. The van der Waals surface area contributed by atoms with Crippen molar-refractivity contribution < 1.29 is 22.3 Å². The fraction of sp³-hybridized carbons (Fsp3) is 0.143. The molecule has 21 heavy (non-hydrogen) atoms. The lowest BCUT2D eigenvalue weighted by Gasteiger charge is -2.11. The first-order chi connectivity index (χ1) is 9.81. The number of nitriles is 1. The molecule has 1 aromatic heterocycles. The maximum Gasteiger partial charge on any atom is 0.433 e. The Morgan fingerprint density at radius 1 is 1.19 bits per heavy atom. The van der Waals surface area contributed by atoms with E-state index in [-0.39, 0.29) is 11.3 Å². The first-order valence-corrected chi connectivity index (χ1v) is 5.73. The first kappa shape index (κ1) is 14.8. The molecule has 0 saturated carbocycles. The van der Waals surface area contributed by atoms with Gasteiger partial charge >= 0.3 is 6.18 Å². The summed E-state index contributed by atoms with van der Waals surface area (Å²) in [6.07, 6.45) is -4.66. The van der Waals surface area contributed by atoms with Gasteiger partial charge in [-0.2, -0.15) is 18.4 Å². The minimum absolute atomic E-state index is 0.00155. The van der Waals surface area contributed by atoms with Crippen LogP contribution in [0.15, 0.2) is 30.3 Å². The van der Waals surface area contributed by atoms with Gasteiger partial charge in [-0.05, 0) is 30.7 Å². The van der Waals surface area contributed by atoms with Crippen molar-refractivity contribution in [1.29, 1.82) is 5.26 Å². The van der Waals surface area contributed by atoms with Gasteiger partial charge in [0.25, 0.3) is 0 Å². The zero-order valence-corrected chi connectivity index (χ0v) is 10.7. The molecule has 2 aromatic rings. The van der Waals surface area contributed by atoms with Gasteiger partial charge in [0.05, 0.1) is 0 Å². The van der Waals surface area contributed by atoms with Crippen LogP contribution >= 0.6 is 0 Å². The number of rotatable bonds is 2. The topological polar surface area (TPSA) is 45.9 Å². The van der Waals surface area contributed by atoms with Crippen LogP contribution in [0.1, 0.15) is 16.8 Å². The van der Waals surface area contributed by atoms with E-state index in [1.165, 1.54) is 12.1 Å². The molecular formula is C14H8F4N2O. The van der Waals surface area contributed by atoms with Crippen LogP contribution in [0, 0.1) is 24.1 Å². The van der Waals surface area contributed by atoms with E-state index in [1.54, 1.807) is 13.0 Å². The van der Waals surface area contributed by atoms with Crippen molar-refractivity contribution in [3.05, 3.63) is 53.0 Å². The maximum absolute atomic E-state index is 13.2. The number of alkyl halides is 3. The van der Waals surface area contributed by atoms with Crippen molar-refractivity contribution in [1.82, 2.24) is 4.98 Å². The standard InChI is InChI=1S/C14H8F4N2O/c1-8-2-4-10(15)6-11(8)21-13-9(7-19)3-5-12(20-13)14(16,17)18/h2-6H,1H3. The van der Waals surface area contributed by atoms with Crippen molar-refractivity contribution >= 4 is 0 Å². The Bertz CT molecular complexity index is 720. The lowest BCUT2D eigenvalue weighted by atomic mass is 10.2. The monoisotopic (exact) mass is 296 g/mol. The van der Waals surface area contributed by atoms with Crippen LogP contribution in [0.4, 0.5) is 17.6 Å². The Morgan fingerprint density at radius 2 is 1.90 bits per heavy atom. The molecule has 3 nitrogen and oxygen atoms in total. The third-order valence-electron chi connectivity index (χ3n) is 2.63. The molecule has 0 amide bonds. The molecule has 0 unspecified atom stereocenters. The second-order valence-corrected chi connectivity index (χ2v) is 4.17. The van der Waals surface area contributed by atoms with Gasteiger partial charge in [0.2, 0.25) is 5.88 Å². The Hall–Kier alpha value is -2.62. The summed E-state index contributed by atoms with van der Waals surface area (Å²) < 4.78 is 56.2. The number of pyridine rings is 1. The molecule has 0 radical (unpaired) electrons. The van der Waals surface area contributed by atoms with E-state index in [4.69, 9.17) is 10.00 Å². The highest BCUT2D eigenvalue weighted by atomic mass is 19.4. The number of hydrogen-bond acceptors (Lipinski definition) is 3. The van der Waals surface area contributed by atoms with Crippen molar-refractivity contribution in [2.75, 3.05) is 0 Å². The van der Waals surface area contributed by atoms with Gasteiger partial charge in [-0.1, -0.05) is 6.07 Å². The lowest BCUT2D eigenvalue weighted by molar-refractivity contribution is -0.141. The van der Waals surface area contributed by atoms with Gasteiger partial charge in [0.1, 0.15) is 28.9 Å². The van der Waals surface area contributed by atoms with Crippen LogP contribution in [0.2, 0.25) is 0 Å². The molecule has 2 rings (SSSR count). The highest BCUT2D eigenvalue weighted by molar-refractivity contribution is 5.43. The summed E-state index contributed by atoms with van der Waals surface area (Å²) in [6.45, 7) is 1.59. The average Bonchev–Trinajstić information content (AvgIpc) is 2.42. The van der Waals surface area contributed by atoms with Crippen LogP contribution < -0.4 is 4.74 Å². The molecule has 7 heteroatoms. The van der Waals surface area contributed by atoms with E-state index < -0.39 is 23.6 Å². The molecule has 1 aromatic carbocycles. The van der Waals surface area contributed by atoms with E-state index in [2.05, 4.69) is 4.98 Å². The molecule has 0 N–H and O–H groups in total. The zero-order chi connectivity index (χ0) is 15.6. The summed E-state index contributed by atoms with van der Waals surface area (Å²) in [5.74, 6) is -1.12. The predicted molar refractivity (Wildman–Crippen MR) is 65.2 cm³/mol. The zero-order valence-electron chi connectivity index (χ0n) is 10.7. The van der Waals surface area contributed by atoms with E-state index >= 15 is 0 Å². The Balaban J connectivity index is 2.47. The number of aryl methyl sites for hydroxylation is 1. The second kappa shape index (κ2) is 5.40. The number of ether oxygens (including phenoxy) is 1. The van der Waals surface area contributed by atoms with Crippen molar-refractivity contribution in [3.8, 4) is 17.7 Å². The van der Waals surface area contributed by atoms with Crippen LogP contribution in [0.3, 0.4) is 0 Å². The summed E-state index contributed by atoms with van der Waals surface area (Å²) in [6, 6.07) is 6.93. The summed E-state index contributed by atoms with van der Waals surface area (Å²) in [7, 11) is 0. The Labute approximate surface area is 117 Å². The third-order valence-corrected chi connectivity index (χ3v) is 2.63. The SMILES string of the molecule is Cc1ccc(F)cc1Oc1nc(C(F)(F)F)ccc1C#N. The molecule has 0 atom stereocenters. The van der Waals surface area contributed by atoms with E-state index in [0.29, 0.717) is 11.6 Å². The van der Waals surface area contributed by atoms with E-state index in [1.807, 2.05) is 0 Å². The Morgan fingerprint density at radius 3 is 2.52 bits per heavy atom. The summed E-state index contributed by atoms with van der Waals surface area (Å²) >= 11 is 0. The molecule has 0 aliphatic rings. The lowest BCUT2D eigenvalue weighted by Crippen LogP contribution is -2.09. The Kier molecular flexibility index (Phi) is 3.80. The van der Waals surface area contributed by atoms with Gasteiger partial charge in [-0.3, -0.25) is 0 Å². The molecule has 0 saturated heterocycles. The number of hydrogen-bond donors (Lipinski definition) is 0. The van der Waals surface area contributed by atoms with Crippen LogP contribution in [-0.2, 0) is 6.18 Å². The summed E-state index contributed by atoms with van der Waals surface area (Å²) in [5.41, 5.74) is -0.864. The molecular weight excluding hydrogens is 288 g/mol. The van der Waals surface area contributed by atoms with Crippen LogP contribution in [0.5, 0.6) is 11.6 Å². The van der Waals surface area contributed by atoms with Gasteiger partial charge < -0.3 is 4.74 Å². The quantitative estimate of drug-likeness (QED) is 0.780. The van der Waals surface area contributed by atoms with E-state index in [0.717, 1.165) is 12.1 Å². The molecule has 108 valence electrons. The third kappa shape index (κ3) is 3.28. The molecule has 0 fully saturated rings. The highest BCUT2D eigenvalue weighted by Gasteiger charge is 2.33. The number of benzene rings is 1. The molecule has 0 spiro atoms. The van der Waals surface area contributed by atoms with Crippen molar-refractivity contribution in [2.45, 2.75) is 13.1 Å². The normalized spacial score (nSPS) is 11.0. The summed E-state index contributed by atoms with van der Waals surface area (Å²) in [5, 5.41) is 8.89. The highest BCUT2D eigenvalue weighted by Crippen LogP contribution is 2.32. The average molecular weight is 296 g/mol. The molecule has 1 heterocycles. The molecule has 0 bridgehead atoms. The minimum atomic E-state index is -4.66.